The number of amides is 1. The van der Waals surface area contributed by atoms with Crippen LogP contribution >= 0.6 is 0 Å². The molecule has 2 unspecified atom stereocenters. The molecule has 1 aromatic carbocycles. The third kappa shape index (κ3) is 2.41. The third-order valence-electron chi connectivity index (χ3n) is 5.88. The number of benzene rings is 1. The fourth-order valence-corrected chi connectivity index (χ4v) is 4.71. The Kier molecular flexibility index (Phi) is 3.63. The summed E-state index contributed by atoms with van der Waals surface area (Å²) in [7, 11) is 0. The Morgan fingerprint density at radius 3 is 2.88 bits per heavy atom. The summed E-state index contributed by atoms with van der Waals surface area (Å²) in [5.41, 5.74) is 4.09. The quantitative estimate of drug-likeness (QED) is 0.846. The van der Waals surface area contributed by atoms with Gasteiger partial charge >= 0.3 is 0 Å². The standard InChI is InChI=1S/C20H23N3O2/c24-20(22-12-13-25-18-11-5-10-17(18)22)19-15-8-4-9-16(15)23(21-19)14-6-2-1-3-7-14/h1-3,6-7,17-18H,4-5,8-13H2. The number of rotatable bonds is 2. The summed E-state index contributed by atoms with van der Waals surface area (Å²) < 4.78 is 7.85. The summed E-state index contributed by atoms with van der Waals surface area (Å²) in [6.07, 6.45) is 6.57. The Balaban J connectivity index is 1.53. The molecule has 2 atom stereocenters. The van der Waals surface area contributed by atoms with Gasteiger partial charge in [-0.2, -0.15) is 5.10 Å². The molecule has 1 aliphatic heterocycles. The third-order valence-corrected chi connectivity index (χ3v) is 5.88. The fourth-order valence-electron chi connectivity index (χ4n) is 4.71. The number of carbonyl (C=O) groups is 1. The van der Waals surface area contributed by atoms with E-state index in [1.54, 1.807) is 0 Å². The highest BCUT2D eigenvalue weighted by atomic mass is 16.5. The minimum Gasteiger partial charge on any atom is -0.374 e. The number of carbonyl (C=O) groups excluding carboxylic acids is 1. The van der Waals surface area contributed by atoms with Gasteiger partial charge in [-0.05, 0) is 50.7 Å². The van der Waals surface area contributed by atoms with Crippen molar-refractivity contribution >= 4 is 5.91 Å². The molecule has 2 aliphatic carbocycles. The molecule has 5 rings (SSSR count). The number of para-hydroxylation sites is 1. The van der Waals surface area contributed by atoms with Crippen LogP contribution in [-0.4, -0.2) is 45.9 Å². The molecule has 0 N–H and O–H groups in total. The van der Waals surface area contributed by atoms with E-state index < -0.39 is 0 Å². The topological polar surface area (TPSA) is 47.4 Å². The van der Waals surface area contributed by atoms with Crippen LogP contribution < -0.4 is 0 Å². The molecule has 0 spiro atoms. The second kappa shape index (κ2) is 5.99. The molecular weight excluding hydrogens is 314 g/mol. The van der Waals surface area contributed by atoms with E-state index in [-0.39, 0.29) is 18.1 Å². The fraction of sp³-hybridized carbons (Fsp3) is 0.500. The Hall–Kier alpha value is -2.14. The van der Waals surface area contributed by atoms with Gasteiger partial charge in [-0.25, -0.2) is 4.68 Å². The van der Waals surface area contributed by atoms with Gasteiger partial charge in [-0.3, -0.25) is 4.79 Å². The van der Waals surface area contributed by atoms with Crippen LogP contribution in [0.1, 0.15) is 47.4 Å². The maximum absolute atomic E-state index is 13.3. The second-order valence-corrected chi connectivity index (χ2v) is 7.28. The van der Waals surface area contributed by atoms with Gasteiger partial charge in [0.2, 0.25) is 0 Å². The normalized spacial score (nSPS) is 25.0. The number of hydrogen-bond acceptors (Lipinski definition) is 3. The maximum Gasteiger partial charge on any atom is 0.275 e. The van der Waals surface area contributed by atoms with Crippen LogP contribution in [-0.2, 0) is 17.6 Å². The van der Waals surface area contributed by atoms with Gasteiger partial charge < -0.3 is 9.64 Å². The molecule has 2 aromatic rings. The molecule has 0 radical (unpaired) electrons. The first kappa shape index (κ1) is 15.1. The molecule has 1 saturated carbocycles. The van der Waals surface area contributed by atoms with Gasteiger partial charge in [0, 0.05) is 17.8 Å². The van der Waals surface area contributed by atoms with Gasteiger partial charge in [0.15, 0.2) is 5.69 Å². The number of fused-ring (bicyclic) bond motifs is 2. The van der Waals surface area contributed by atoms with Crippen LogP contribution in [0, 0.1) is 0 Å². The molecule has 130 valence electrons. The minimum atomic E-state index is 0.105. The summed E-state index contributed by atoms with van der Waals surface area (Å²) in [5.74, 6) is 0.105. The number of aromatic nitrogens is 2. The number of morpholine rings is 1. The van der Waals surface area contributed by atoms with Crippen LogP contribution in [0.3, 0.4) is 0 Å². The van der Waals surface area contributed by atoms with Crippen molar-refractivity contribution in [2.75, 3.05) is 13.2 Å². The Morgan fingerprint density at radius 1 is 1.12 bits per heavy atom. The van der Waals surface area contributed by atoms with E-state index in [0.717, 1.165) is 49.8 Å². The van der Waals surface area contributed by atoms with Crippen LogP contribution in [0.15, 0.2) is 30.3 Å². The number of hydrogen-bond donors (Lipinski definition) is 0. The van der Waals surface area contributed by atoms with Crippen molar-refractivity contribution in [1.29, 1.82) is 0 Å². The van der Waals surface area contributed by atoms with E-state index in [1.807, 2.05) is 27.8 Å². The smallest absolute Gasteiger partial charge is 0.275 e. The molecule has 1 aromatic heterocycles. The molecule has 0 bridgehead atoms. The van der Waals surface area contributed by atoms with Crippen molar-refractivity contribution in [3.05, 3.63) is 47.3 Å². The zero-order valence-electron chi connectivity index (χ0n) is 14.4. The summed E-state index contributed by atoms with van der Waals surface area (Å²) in [5, 5.41) is 4.78. The predicted molar refractivity (Wildman–Crippen MR) is 94.0 cm³/mol. The van der Waals surface area contributed by atoms with Crippen molar-refractivity contribution in [1.82, 2.24) is 14.7 Å². The summed E-state index contributed by atoms with van der Waals surface area (Å²) in [6, 6.07) is 10.4. The molecule has 5 nitrogen and oxygen atoms in total. The van der Waals surface area contributed by atoms with Crippen molar-refractivity contribution < 1.29 is 9.53 Å². The Labute approximate surface area is 147 Å². The van der Waals surface area contributed by atoms with Gasteiger partial charge in [0.1, 0.15) is 0 Å². The van der Waals surface area contributed by atoms with Crippen molar-refractivity contribution in [3.8, 4) is 5.69 Å². The second-order valence-electron chi connectivity index (χ2n) is 7.28. The summed E-state index contributed by atoms with van der Waals surface area (Å²) in [4.78, 5) is 15.4. The lowest BCUT2D eigenvalue weighted by molar-refractivity contribution is -0.0447. The van der Waals surface area contributed by atoms with E-state index >= 15 is 0 Å². The minimum absolute atomic E-state index is 0.105. The Bertz CT molecular complexity index is 799. The number of ether oxygens (including phenoxy) is 1. The van der Waals surface area contributed by atoms with Crippen LogP contribution in [0.2, 0.25) is 0 Å². The van der Waals surface area contributed by atoms with Gasteiger partial charge in [-0.1, -0.05) is 18.2 Å². The van der Waals surface area contributed by atoms with E-state index in [1.165, 1.54) is 5.69 Å². The predicted octanol–water partition coefficient (Wildman–Crippen LogP) is 2.75. The Morgan fingerprint density at radius 2 is 2.00 bits per heavy atom. The molecule has 1 saturated heterocycles. The highest BCUT2D eigenvalue weighted by Gasteiger charge is 2.40. The first-order valence-corrected chi connectivity index (χ1v) is 9.41. The highest BCUT2D eigenvalue weighted by molar-refractivity contribution is 5.94. The molecule has 25 heavy (non-hydrogen) atoms. The van der Waals surface area contributed by atoms with Crippen LogP contribution in [0.4, 0.5) is 0 Å². The molecular formula is C20H23N3O2. The molecule has 2 heterocycles. The van der Waals surface area contributed by atoms with Crippen molar-refractivity contribution in [2.24, 2.45) is 0 Å². The van der Waals surface area contributed by atoms with Gasteiger partial charge in [0.05, 0.1) is 24.4 Å². The lowest BCUT2D eigenvalue weighted by Gasteiger charge is -2.37. The van der Waals surface area contributed by atoms with Gasteiger partial charge in [0.25, 0.3) is 5.91 Å². The lowest BCUT2D eigenvalue weighted by Crippen LogP contribution is -2.51. The number of nitrogens with zero attached hydrogens (tertiary/aromatic N) is 3. The monoisotopic (exact) mass is 337 g/mol. The maximum atomic E-state index is 13.3. The zero-order valence-corrected chi connectivity index (χ0v) is 14.4. The molecule has 3 aliphatic rings. The summed E-state index contributed by atoms with van der Waals surface area (Å²) >= 11 is 0. The first-order valence-electron chi connectivity index (χ1n) is 9.41. The average Bonchev–Trinajstić information content (AvgIpc) is 3.37. The lowest BCUT2D eigenvalue weighted by atomic mass is 10.1. The van der Waals surface area contributed by atoms with E-state index in [4.69, 9.17) is 9.84 Å². The van der Waals surface area contributed by atoms with Crippen molar-refractivity contribution in [2.45, 2.75) is 50.7 Å². The van der Waals surface area contributed by atoms with Gasteiger partial charge in [-0.15, -0.1) is 0 Å². The highest BCUT2D eigenvalue weighted by Crippen LogP contribution is 2.33. The SMILES string of the molecule is O=C(c1nn(-c2ccccc2)c2c1CCC2)N1CCOC2CCCC21. The van der Waals surface area contributed by atoms with Crippen LogP contribution in [0.5, 0.6) is 0 Å². The largest absolute Gasteiger partial charge is 0.374 e. The zero-order chi connectivity index (χ0) is 16.8. The molecule has 2 fully saturated rings. The summed E-state index contributed by atoms with van der Waals surface area (Å²) in [6.45, 7) is 1.33. The van der Waals surface area contributed by atoms with E-state index in [2.05, 4.69) is 12.1 Å². The van der Waals surface area contributed by atoms with E-state index in [9.17, 15) is 4.79 Å². The average molecular weight is 337 g/mol. The first-order chi connectivity index (χ1) is 12.3. The van der Waals surface area contributed by atoms with Crippen LogP contribution in [0.25, 0.3) is 5.69 Å². The van der Waals surface area contributed by atoms with Crippen molar-refractivity contribution in [3.63, 3.8) is 0 Å². The molecule has 5 heteroatoms. The van der Waals surface area contributed by atoms with E-state index in [0.29, 0.717) is 18.8 Å². The molecule has 1 amide bonds.